The molecule has 0 spiro atoms. The lowest BCUT2D eigenvalue weighted by atomic mass is 10.4. The first-order valence-electron chi connectivity index (χ1n) is 4.22. The van der Waals surface area contributed by atoms with Gasteiger partial charge in [-0.05, 0) is 0 Å². The summed E-state index contributed by atoms with van der Waals surface area (Å²) in [6.45, 7) is 8.68. The van der Waals surface area contributed by atoms with Crippen LogP contribution in [0.15, 0.2) is 37.7 Å². The highest BCUT2D eigenvalue weighted by Gasteiger charge is 2.08. The maximum absolute atomic E-state index is 5.91. The summed E-state index contributed by atoms with van der Waals surface area (Å²) >= 11 is 5.91. The maximum atomic E-state index is 5.91. The molecular formula is C10H12ClN3. The van der Waals surface area contributed by atoms with E-state index in [0.717, 1.165) is 0 Å². The molecule has 0 saturated heterocycles. The summed E-state index contributed by atoms with van der Waals surface area (Å²) in [5.41, 5.74) is 0. The molecule has 0 aliphatic carbocycles. The van der Waals surface area contributed by atoms with Crippen LogP contribution >= 0.6 is 11.6 Å². The van der Waals surface area contributed by atoms with Crippen molar-refractivity contribution in [2.24, 2.45) is 0 Å². The van der Waals surface area contributed by atoms with Gasteiger partial charge in [0.05, 0.1) is 0 Å². The molecular weight excluding hydrogens is 198 g/mol. The minimum Gasteiger partial charge on any atom is -0.347 e. The van der Waals surface area contributed by atoms with Gasteiger partial charge in [-0.2, -0.15) is 0 Å². The molecule has 0 radical (unpaired) electrons. The molecule has 0 atom stereocenters. The zero-order valence-electron chi connectivity index (χ0n) is 7.86. The summed E-state index contributed by atoms with van der Waals surface area (Å²) in [5.74, 6) is 0.661. The van der Waals surface area contributed by atoms with Crippen LogP contribution in [-0.4, -0.2) is 23.1 Å². The number of rotatable bonds is 5. The van der Waals surface area contributed by atoms with Gasteiger partial charge in [-0.1, -0.05) is 23.8 Å². The van der Waals surface area contributed by atoms with Crippen LogP contribution in [0.4, 0.5) is 5.82 Å². The van der Waals surface area contributed by atoms with Crippen LogP contribution in [0.2, 0.25) is 5.15 Å². The van der Waals surface area contributed by atoms with Gasteiger partial charge >= 0.3 is 0 Å². The van der Waals surface area contributed by atoms with E-state index in [-0.39, 0.29) is 0 Å². The molecule has 0 N–H and O–H groups in total. The standard InChI is InChI=1S/C10H12ClN3/c1-3-7-14(8-4-2)10-9(11)12-5-6-13-10/h3-6H,1-2,7-8H2. The van der Waals surface area contributed by atoms with Crippen LogP contribution in [0, 0.1) is 0 Å². The quantitative estimate of drug-likeness (QED) is 0.697. The molecule has 0 saturated carbocycles. The Morgan fingerprint density at radius 1 is 1.21 bits per heavy atom. The smallest absolute Gasteiger partial charge is 0.171 e. The van der Waals surface area contributed by atoms with Crippen molar-refractivity contribution in [3.8, 4) is 0 Å². The van der Waals surface area contributed by atoms with Crippen molar-refractivity contribution in [1.82, 2.24) is 9.97 Å². The Bertz CT molecular complexity index is 315. The molecule has 14 heavy (non-hydrogen) atoms. The van der Waals surface area contributed by atoms with Gasteiger partial charge in [0, 0.05) is 25.5 Å². The lowest BCUT2D eigenvalue weighted by Gasteiger charge is -2.20. The summed E-state index contributed by atoms with van der Waals surface area (Å²) in [6, 6.07) is 0. The average molecular weight is 210 g/mol. The highest BCUT2D eigenvalue weighted by atomic mass is 35.5. The number of halogens is 1. The molecule has 1 heterocycles. The van der Waals surface area contributed by atoms with Gasteiger partial charge in [0.15, 0.2) is 11.0 Å². The van der Waals surface area contributed by atoms with Crippen molar-refractivity contribution in [1.29, 1.82) is 0 Å². The molecule has 3 nitrogen and oxygen atoms in total. The van der Waals surface area contributed by atoms with E-state index < -0.39 is 0 Å². The van der Waals surface area contributed by atoms with Crippen molar-refractivity contribution >= 4 is 17.4 Å². The molecule has 1 rings (SSSR count). The van der Waals surface area contributed by atoms with E-state index in [9.17, 15) is 0 Å². The molecule has 1 aromatic rings. The highest BCUT2D eigenvalue weighted by molar-refractivity contribution is 6.31. The van der Waals surface area contributed by atoms with Gasteiger partial charge in [-0.25, -0.2) is 9.97 Å². The third kappa shape index (κ3) is 2.57. The normalized spacial score (nSPS) is 9.50. The fourth-order valence-corrected chi connectivity index (χ4v) is 1.31. The first-order chi connectivity index (χ1) is 6.79. The zero-order valence-corrected chi connectivity index (χ0v) is 8.61. The van der Waals surface area contributed by atoms with Crippen LogP contribution in [0.25, 0.3) is 0 Å². The van der Waals surface area contributed by atoms with Crippen LogP contribution in [0.1, 0.15) is 0 Å². The van der Waals surface area contributed by atoms with Gasteiger partial charge < -0.3 is 4.90 Å². The minimum atomic E-state index is 0.399. The fourth-order valence-electron chi connectivity index (χ4n) is 1.08. The molecule has 0 bridgehead atoms. The van der Waals surface area contributed by atoms with Crippen molar-refractivity contribution in [3.63, 3.8) is 0 Å². The Morgan fingerprint density at radius 3 is 2.29 bits per heavy atom. The number of anilines is 1. The number of hydrogen-bond acceptors (Lipinski definition) is 3. The second kappa shape index (κ2) is 5.40. The maximum Gasteiger partial charge on any atom is 0.171 e. The molecule has 0 aliphatic rings. The number of hydrogen-bond donors (Lipinski definition) is 0. The molecule has 0 aromatic carbocycles. The monoisotopic (exact) mass is 209 g/mol. The number of nitrogens with zero attached hydrogens (tertiary/aromatic N) is 3. The van der Waals surface area contributed by atoms with E-state index in [2.05, 4.69) is 23.1 Å². The summed E-state index contributed by atoms with van der Waals surface area (Å²) in [7, 11) is 0. The van der Waals surface area contributed by atoms with Gasteiger partial charge in [0.2, 0.25) is 0 Å². The minimum absolute atomic E-state index is 0.399. The Balaban J connectivity index is 2.91. The predicted molar refractivity (Wildman–Crippen MR) is 59.6 cm³/mol. The summed E-state index contributed by atoms with van der Waals surface area (Å²) in [4.78, 5) is 10.0. The van der Waals surface area contributed by atoms with E-state index in [0.29, 0.717) is 24.1 Å². The second-order valence-corrected chi connectivity index (χ2v) is 3.01. The third-order valence-electron chi connectivity index (χ3n) is 1.63. The molecule has 0 aliphatic heterocycles. The van der Waals surface area contributed by atoms with Crippen molar-refractivity contribution in [3.05, 3.63) is 42.9 Å². The molecule has 1 aromatic heterocycles. The molecule has 0 unspecified atom stereocenters. The van der Waals surface area contributed by atoms with Crippen molar-refractivity contribution in [2.45, 2.75) is 0 Å². The van der Waals surface area contributed by atoms with E-state index in [1.807, 2.05) is 4.90 Å². The largest absolute Gasteiger partial charge is 0.347 e. The lowest BCUT2D eigenvalue weighted by molar-refractivity contribution is 0.916. The van der Waals surface area contributed by atoms with E-state index >= 15 is 0 Å². The molecule has 4 heteroatoms. The number of aromatic nitrogens is 2. The van der Waals surface area contributed by atoms with Crippen LogP contribution in [-0.2, 0) is 0 Å². The molecule has 74 valence electrons. The van der Waals surface area contributed by atoms with Gasteiger partial charge in [0.1, 0.15) is 0 Å². The van der Waals surface area contributed by atoms with E-state index in [1.54, 1.807) is 24.5 Å². The van der Waals surface area contributed by atoms with Gasteiger partial charge in [0.25, 0.3) is 0 Å². The Morgan fingerprint density at radius 2 is 1.79 bits per heavy atom. The third-order valence-corrected chi connectivity index (χ3v) is 1.90. The fraction of sp³-hybridized carbons (Fsp3) is 0.200. The molecule has 0 amide bonds. The lowest BCUT2D eigenvalue weighted by Crippen LogP contribution is -2.24. The van der Waals surface area contributed by atoms with E-state index in [4.69, 9.17) is 11.6 Å². The predicted octanol–water partition coefficient (Wildman–Crippen LogP) is 2.31. The van der Waals surface area contributed by atoms with Gasteiger partial charge in [-0.3, -0.25) is 0 Å². The first kappa shape index (κ1) is 10.7. The summed E-state index contributed by atoms with van der Waals surface area (Å²) in [5, 5.41) is 0.399. The van der Waals surface area contributed by atoms with Gasteiger partial charge in [-0.15, -0.1) is 13.2 Å². The SMILES string of the molecule is C=CCN(CC=C)c1nccnc1Cl. The Labute approximate surface area is 88.7 Å². The van der Waals surface area contributed by atoms with Crippen molar-refractivity contribution < 1.29 is 0 Å². The topological polar surface area (TPSA) is 29.0 Å². The molecule has 0 fully saturated rings. The Kier molecular flexibility index (Phi) is 4.13. The zero-order chi connectivity index (χ0) is 10.4. The average Bonchev–Trinajstić information content (AvgIpc) is 2.18. The van der Waals surface area contributed by atoms with Crippen molar-refractivity contribution in [2.75, 3.05) is 18.0 Å². The van der Waals surface area contributed by atoms with E-state index in [1.165, 1.54) is 0 Å². The summed E-state index contributed by atoms with van der Waals surface area (Å²) < 4.78 is 0. The first-order valence-corrected chi connectivity index (χ1v) is 4.60. The Hall–Kier alpha value is -1.35. The summed E-state index contributed by atoms with van der Waals surface area (Å²) in [6.07, 6.45) is 6.75. The van der Waals surface area contributed by atoms with Crippen LogP contribution in [0.5, 0.6) is 0 Å². The highest BCUT2D eigenvalue weighted by Crippen LogP contribution is 2.19. The van der Waals surface area contributed by atoms with Crippen LogP contribution in [0.3, 0.4) is 0 Å². The second-order valence-electron chi connectivity index (χ2n) is 2.65. The van der Waals surface area contributed by atoms with Crippen LogP contribution < -0.4 is 4.90 Å².